The molecule has 1 aromatic carbocycles. The topological polar surface area (TPSA) is 55.8 Å². The van der Waals surface area contributed by atoms with Crippen LogP contribution in [0.4, 0.5) is 0 Å². The Morgan fingerprint density at radius 2 is 2.37 bits per heavy atom. The second-order valence-electron chi connectivity index (χ2n) is 5.08. The maximum Gasteiger partial charge on any atom is 0.306 e. The van der Waals surface area contributed by atoms with Crippen molar-refractivity contribution in [3.63, 3.8) is 0 Å². The predicted octanol–water partition coefficient (Wildman–Crippen LogP) is 2.46. The first kappa shape index (κ1) is 13.9. The fourth-order valence-electron chi connectivity index (χ4n) is 2.43. The molecule has 0 saturated carbocycles. The number of rotatable bonds is 5. The number of ether oxygens (including phenoxy) is 2. The Morgan fingerprint density at radius 1 is 1.58 bits per heavy atom. The van der Waals surface area contributed by atoms with Crippen molar-refractivity contribution >= 4 is 5.97 Å². The van der Waals surface area contributed by atoms with Crippen LogP contribution >= 0.6 is 0 Å². The third kappa shape index (κ3) is 3.26. The Hall–Kier alpha value is -1.55. The van der Waals surface area contributed by atoms with Gasteiger partial charge in [0.15, 0.2) is 0 Å². The van der Waals surface area contributed by atoms with E-state index in [1.807, 2.05) is 12.1 Å². The highest BCUT2D eigenvalue weighted by atomic mass is 16.5. The van der Waals surface area contributed by atoms with Crippen LogP contribution in [0.25, 0.3) is 0 Å². The van der Waals surface area contributed by atoms with Gasteiger partial charge in [-0.15, -0.1) is 0 Å². The molecule has 1 aliphatic heterocycles. The summed E-state index contributed by atoms with van der Waals surface area (Å²) in [5, 5.41) is 9.03. The van der Waals surface area contributed by atoms with E-state index < -0.39 is 11.9 Å². The molecule has 0 aliphatic carbocycles. The number of hydrogen-bond acceptors (Lipinski definition) is 3. The molecule has 2 rings (SSSR count). The molecule has 19 heavy (non-hydrogen) atoms. The van der Waals surface area contributed by atoms with Crippen LogP contribution in [-0.4, -0.2) is 31.4 Å². The largest absolute Gasteiger partial charge is 0.496 e. The summed E-state index contributed by atoms with van der Waals surface area (Å²) in [5.41, 5.74) is 2.17. The van der Waals surface area contributed by atoms with Gasteiger partial charge in [0.05, 0.1) is 19.6 Å². The molecule has 1 heterocycles. The van der Waals surface area contributed by atoms with Gasteiger partial charge in [-0.25, -0.2) is 0 Å². The minimum atomic E-state index is -0.781. The smallest absolute Gasteiger partial charge is 0.306 e. The minimum Gasteiger partial charge on any atom is -0.496 e. The standard InChI is InChI=1S/C15H20O4/c1-10(15(16)17)7-13-8-11(3-4-14(13)18-2)12-5-6-19-9-12/h3-4,8,10,12H,5-7,9H2,1-2H3,(H,16,17). The van der Waals surface area contributed by atoms with Gasteiger partial charge in [0.1, 0.15) is 5.75 Å². The minimum absolute atomic E-state index is 0.413. The second-order valence-corrected chi connectivity index (χ2v) is 5.08. The third-order valence-corrected chi connectivity index (χ3v) is 3.65. The lowest BCUT2D eigenvalue weighted by Gasteiger charge is -2.15. The molecule has 4 nitrogen and oxygen atoms in total. The predicted molar refractivity (Wildman–Crippen MR) is 71.7 cm³/mol. The van der Waals surface area contributed by atoms with E-state index in [9.17, 15) is 4.79 Å². The summed E-state index contributed by atoms with van der Waals surface area (Å²) in [7, 11) is 1.61. The van der Waals surface area contributed by atoms with Crippen LogP contribution in [0, 0.1) is 5.92 Å². The van der Waals surface area contributed by atoms with Gasteiger partial charge in [-0.3, -0.25) is 4.79 Å². The molecule has 1 saturated heterocycles. The zero-order chi connectivity index (χ0) is 13.8. The zero-order valence-corrected chi connectivity index (χ0v) is 11.4. The van der Waals surface area contributed by atoms with Crippen molar-refractivity contribution in [1.29, 1.82) is 0 Å². The lowest BCUT2D eigenvalue weighted by molar-refractivity contribution is -0.141. The molecule has 1 N–H and O–H groups in total. The van der Waals surface area contributed by atoms with Crippen molar-refractivity contribution in [3.8, 4) is 5.75 Å². The molecular weight excluding hydrogens is 244 g/mol. The molecule has 4 heteroatoms. The van der Waals surface area contributed by atoms with Crippen molar-refractivity contribution in [3.05, 3.63) is 29.3 Å². The van der Waals surface area contributed by atoms with Crippen LogP contribution < -0.4 is 4.74 Å². The maximum absolute atomic E-state index is 11.0. The molecule has 0 amide bonds. The highest BCUT2D eigenvalue weighted by molar-refractivity contribution is 5.70. The first-order valence-corrected chi connectivity index (χ1v) is 6.59. The van der Waals surface area contributed by atoms with Crippen molar-refractivity contribution in [2.75, 3.05) is 20.3 Å². The van der Waals surface area contributed by atoms with Crippen molar-refractivity contribution in [2.24, 2.45) is 5.92 Å². The van der Waals surface area contributed by atoms with E-state index in [0.717, 1.165) is 30.9 Å². The van der Waals surface area contributed by atoms with Gasteiger partial charge in [0, 0.05) is 12.5 Å². The summed E-state index contributed by atoms with van der Waals surface area (Å²) in [6.45, 7) is 3.27. The van der Waals surface area contributed by atoms with Crippen LogP contribution in [0.2, 0.25) is 0 Å². The highest BCUT2D eigenvalue weighted by Gasteiger charge is 2.20. The van der Waals surface area contributed by atoms with Gasteiger partial charge in [-0.05, 0) is 30.0 Å². The first-order chi connectivity index (χ1) is 9.11. The molecule has 0 bridgehead atoms. The highest BCUT2D eigenvalue weighted by Crippen LogP contribution is 2.30. The molecule has 0 spiro atoms. The third-order valence-electron chi connectivity index (χ3n) is 3.65. The Kier molecular flexibility index (Phi) is 4.43. The molecule has 0 radical (unpaired) electrons. The van der Waals surface area contributed by atoms with Gasteiger partial charge in [-0.2, -0.15) is 0 Å². The van der Waals surface area contributed by atoms with E-state index in [4.69, 9.17) is 14.6 Å². The normalized spacial score (nSPS) is 20.2. The second kappa shape index (κ2) is 6.06. The van der Waals surface area contributed by atoms with Crippen LogP contribution in [0.1, 0.15) is 30.4 Å². The van der Waals surface area contributed by atoms with Crippen molar-refractivity contribution in [1.82, 2.24) is 0 Å². The number of carboxylic acid groups (broad SMARTS) is 1. The molecule has 1 aromatic rings. The Morgan fingerprint density at radius 3 is 2.95 bits per heavy atom. The monoisotopic (exact) mass is 264 g/mol. The number of aliphatic carboxylic acids is 1. The molecule has 2 unspecified atom stereocenters. The average molecular weight is 264 g/mol. The SMILES string of the molecule is COc1ccc(C2CCOC2)cc1CC(C)C(=O)O. The number of hydrogen-bond donors (Lipinski definition) is 1. The van der Waals surface area contributed by atoms with Gasteiger partial charge < -0.3 is 14.6 Å². The summed E-state index contributed by atoms with van der Waals surface area (Å²) >= 11 is 0. The molecule has 0 aromatic heterocycles. The summed E-state index contributed by atoms with van der Waals surface area (Å²) in [5.74, 6) is -0.0128. The first-order valence-electron chi connectivity index (χ1n) is 6.59. The number of benzene rings is 1. The van der Waals surface area contributed by atoms with Gasteiger partial charge in [0.25, 0.3) is 0 Å². The van der Waals surface area contributed by atoms with E-state index in [-0.39, 0.29) is 0 Å². The fourth-order valence-corrected chi connectivity index (χ4v) is 2.43. The summed E-state index contributed by atoms with van der Waals surface area (Å²) < 4.78 is 10.7. The van der Waals surface area contributed by atoms with Gasteiger partial charge >= 0.3 is 5.97 Å². The Balaban J connectivity index is 2.22. The lowest BCUT2D eigenvalue weighted by atomic mass is 9.93. The van der Waals surface area contributed by atoms with E-state index in [1.54, 1.807) is 14.0 Å². The number of carboxylic acids is 1. The van der Waals surface area contributed by atoms with Gasteiger partial charge in [-0.1, -0.05) is 19.1 Å². The summed E-state index contributed by atoms with van der Waals surface area (Å²) in [6.07, 6.45) is 1.51. The zero-order valence-electron chi connectivity index (χ0n) is 11.4. The molecule has 104 valence electrons. The van der Waals surface area contributed by atoms with Crippen LogP contribution in [0.3, 0.4) is 0 Å². The van der Waals surface area contributed by atoms with Crippen LogP contribution in [0.5, 0.6) is 5.75 Å². The maximum atomic E-state index is 11.0. The summed E-state index contributed by atoms with van der Waals surface area (Å²) in [4.78, 5) is 11.0. The van der Waals surface area contributed by atoms with Crippen LogP contribution in [0.15, 0.2) is 18.2 Å². The lowest BCUT2D eigenvalue weighted by Crippen LogP contribution is -2.13. The summed E-state index contributed by atoms with van der Waals surface area (Å²) in [6, 6.07) is 6.04. The van der Waals surface area contributed by atoms with E-state index in [0.29, 0.717) is 12.3 Å². The number of carbonyl (C=O) groups is 1. The molecule has 1 aliphatic rings. The van der Waals surface area contributed by atoms with E-state index in [1.165, 1.54) is 5.56 Å². The fraction of sp³-hybridized carbons (Fsp3) is 0.533. The van der Waals surface area contributed by atoms with Crippen LogP contribution in [-0.2, 0) is 16.0 Å². The van der Waals surface area contributed by atoms with Crippen molar-refractivity contribution in [2.45, 2.75) is 25.7 Å². The average Bonchev–Trinajstić information content (AvgIpc) is 2.92. The number of methoxy groups -OCH3 is 1. The molecular formula is C15H20O4. The molecule has 2 atom stereocenters. The Labute approximate surface area is 113 Å². The Bertz CT molecular complexity index is 449. The van der Waals surface area contributed by atoms with Gasteiger partial charge in [0.2, 0.25) is 0 Å². The quantitative estimate of drug-likeness (QED) is 0.887. The van der Waals surface area contributed by atoms with E-state index >= 15 is 0 Å². The molecule has 1 fully saturated rings. The van der Waals surface area contributed by atoms with Crippen molar-refractivity contribution < 1.29 is 19.4 Å². The van der Waals surface area contributed by atoms with E-state index in [2.05, 4.69) is 6.07 Å².